The highest BCUT2D eigenvalue weighted by atomic mass is 16.6. The molecule has 1 N–H and O–H groups in total. The van der Waals surface area contributed by atoms with Gasteiger partial charge >= 0.3 is 0 Å². The maximum Gasteiger partial charge on any atom is 0.230 e. The molecule has 0 bridgehead atoms. The summed E-state index contributed by atoms with van der Waals surface area (Å²) in [6.45, 7) is 0.449. The molecule has 0 aliphatic carbocycles. The quantitative estimate of drug-likeness (QED) is 0.439. The monoisotopic (exact) mass is 196 g/mol. The molecule has 76 valence electrons. The lowest BCUT2D eigenvalue weighted by Gasteiger charge is -2.11. The van der Waals surface area contributed by atoms with Crippen LogP contribution < -0.4 is 0 Å². The Labute approximate surface area is 81.6 Å². The second kappa shape index (κ2) is 5.00. The molecule has 1 aromatic heterocycles. The third kappa shape index (κ3) is 2.89. The Morgan fingerprint density at radius 3 is 3.00 bits per heavy atom. The smallest absolute Gasteiger partial charge is 0.230 e. The van der Waals surface area contributed by atoms with Crippen molar-refractivity contribution in [2.24, 2.45) is 5.28 Å². The minimum atomic E-state index is 0.128. The summed E-state index contributed by atoms with van der Waals surface area (Å²) in [6, 6.07) is 5.59. The van der Waals surface area contributed by atoms with E-state index in [1.165, 1.54) is 12.1 Å². The first-order valence-electron chi connectivity index (χ1n) is 4.17. The molecule has 0 radical (unpaired) electrons. The van der Waals surface area contributed by atoms with Crippen molar-refractivity contribution >= 4 is 0 Å². The topological polar surface area (TPSA) is 74.8 Å². The zero-order chi connectivity index (χ0) is 10.4. The van der Waals surface area contributed by atoms with E-state index in [0.29, 0.717) is 13.0 Å². The highest BCUT2D eigenvalue weighted by molar-refractivity contribution is 5.03. The summed E-state index contributed by atoms with van der Waals surface area (Å²) in [5, 5.41) is 22.7. The number of aromatic nitrogens is 1. The highest BCUT2D eigenvalue weighted by Gasteiger charge is 2.05. The standard InChI is InChI=1S/C8H12N4O2/c1-11(12(14)10-13)7-5-8-4-2-3-6-9-8/h2-4,6,13H,5,7H2,1H3/b12-10-. The van der Waals surface area contributed by atoms with Crippen molar-refractivity contribution in [1.82, 2.24) is 9.99 Å². The Balaban J connectivity index is 2.42. The van der Waals surface area contributed by atoms with Gasteiger partial charge in [-0.2, -0.15) is 0 Å². The summed E-state index contributed by atoms with van der Waals surface area (Å²) in [7, 11) is 1.54. The SMILES string of the molecule is CN(CCc1ccccn1)/[N+]([O-])=N/O. The minimum absolute atomic E-state index is 0.128. The molecule has 0 atom stereocenters. The molecule has 0 aliphatic heterocycles. The van der Waals surface area contributed by atoms with Crippen LogP contribution in [0.2, 0.25) is 0 Å². The molecular formula is C8H12N4O2. The van der Waals surface area contributed by atoms with Gasteiger partial charge in [0.05, 0.1) is 18.6 Å². The molecule has 0 spiro atoms. The Morgan fingerprint density at radius 2 is 2.43 bits per heavy atom. The van der Waals surface area contributed by atoms with Gasteiger partial charge in [0, 0.05) is 18.3 Å². The Bertz CT molecular complexity index is 301. The van der Waals surface area contributed by atoms with Gasteiger partial charge in [-0.25, -0.2) is 0 Å². The van der Waals surface area contributed by atoms with Crippen molar-refractivity contribution in [3.63, 3.8) is 0 Å². The number of hydrazine groups is 1. The highest BCUT2D eigenvalue weighted by Crippen LogP contribution is 1.96. The molecule has 0 unspecified atom stereocenters. The lowest BCUT2D eigenvalue weighted by molar-refractivity contribution is -0.703. The van der Waals surface area contributed by atoms with Crippen molar-refractivity contribution in [3.8, 4) is 0 Å². The molecule has 14 heavy (non-hydrogen) atoms. The predicted molar refractivity (Wildman–Crippen MR) is 48.4 cm³/mol. The molecule has 0 saturated heterocycles. The summed E-state index contributed by atoms with van der Waals surface area (Å²) in [4.78, 5) is 4.22. The Morgan fingerprint density at radius 1 is 1.64 bits per heavy atom. The van der Waals surface area contributed by atoms with Crippen LogP contribution in [0.5, 0.6) is 0 Å². The number of hydrogen-bond donors (Lipinski definition) is 1. The fourth-order valence-electron chi connectivity index (χ4n) is 0.976. The lowest BCUT2D eigenvalue weighted by atomic mass is 10.3. The van der Waals surface area contributed by atoms with E-state index in [2.05, 4.69) is 10.3 Å². The van der Waals surface area contributed by atoms with E-state index in [-0.39, 0.29) is 4.97 Å². The van der Waals surface area contributed by atoms with Crippen LogP contribution in [0.25, 0.3) is 0 Å². The average Bonchev–Trinajstić information content (AvgIpc) is 2.26. The summed E-state index contributed by atoms with van der Waals surface area (Å²) in [5.41, 5.74) is 0.894. The first-order chi connectivity index (χ1) is 6.74. The second-order valence-corrected chi connectivity index (χ2v) is 2.79. The number of hydrogen-bond acceptors (Lipinski definition) is 3. The van der Waals surface area contributed by atoms with Gasteiger partial charge in [-0.1, -0.05) is 6.07 Å². The lowest BCUT2D eigenvalue weighted by Crippen LogP contribution is -2.28. The molecule has 1 aromatic rings. The fourth-order valence-corrected chi connectivity index (χ4v) is 0.976. The van der Waals surface area contributed by atoms with E-state index in [0.717, 1.165) is 5.69 Å². The van der Waals surface area contributed by atoms with Crippen LogP contribution in [-0.4, -0.2) is 33.8 Å². The van der Waals surface area contributed by atoms with Crippen LogP contribution in [-0.2, 0) is 6.42 Å². The van der Waals surface area contributed by atoms with Crippen molar-refractivity contribution in [2.45, 2.75) is 6.42 Å². The van der Waals surface area contributed by atoms with Crippen molar-refractivity contribution < 1.29 is 10.2 Å². The van der Waals surface area contributed by atoms with Gasteiger partial charge in [0.15, 0.2) is 0 Å². The predicted octanol–water partition coefficient (Wildman–Crippen LogP) is 0.823. The van der Waals surface area contributed by atoms with Crippen molar-refractivity contribution in [1.29, 1.82) is 0 Å². The molecule has 1 rings (SSSR count). The molecule has 0 aliphatic rings. The van der Waals surface area contributed by atoms with Gasteiger partial charge < -0.3 is 10.4 Å². The van der Waals surface area contributed by atoms with E-state index < -0.39 is 0 Å². The molecule has 0 fully saturated rings. The molecule has 0 saturated carbocycles. The normalized spacial score (nSPS) is 11.4. The Kier molecular flexibility index (Phi) is 3.66. The first kappa shape index (κ1) is 10.2. The van der Waals surface area contributed by atoms with Gasteiger partial charge in [0.1, 0.15) is 0 Å². The zero-order valence-corrected chi connectivity index (χ0v) is 7.87. The van der Waals surface area contributed by atoms with Crippen molar-refractivity contribution in [2.75, 3.05) is 13.6 Å². The van der Waals surface area contributed by atoms with Gasteiger partial charge in [-0.05, 0) is 12.1 Å². The molecule has 0 amide bonds. The number of likely N-dealkylation sites (N-methyl/N-ethyl adjacent to an activating group) is 1. The van der Waals surface area contributed by atoms with Crippen LogP contribution >= 0.6 is 0 Å². The van der Waals surface area contributed by atoms with Gasteiger partial charge in [0.25, 0.3) is 0 Å². The van der Waals surface area contributed by atoms with E-state index in [9.17, 15) is 5.21 Å². The van der Waals surface area contributed by atoms with Crippen LogP contribution in [0.15, 0.2) is 29.7 Å². The maximum absolute atomic E-state index is 10.7. The number of rotatable bonds is 4. The number of nitrogens with zero attached hydrogens (tertiary/aromatic N) is 4. The largest absolute Gasteiger partial charge is 0.569 e. The minimum Gasteiger partial charge on any atom is -0.569 e. The summed E-state index contributed by atoms with van der Waals surface area (Å²) in [5.74, 6) is 0. The van der Waals surface area contributed by atoms with Gasteiger partial charge in [-0.15, -0.1) is 5.01 Å². The van der Waals surface area contributed by atoms with Crippen LogP contribution in [0, 0.1) is 5.21 Å². The second-order valence-electron chi connectivity index (χ2n) is 2.79. The van der Waals surface area contributed by atoms with E-state index in [1.54, 1.807) is 6.20 Å². The molecule has 6 nitrogen and oxygen atoms in total. The average molecular weight is 196 g/mol. The van der Waals surface area contributed by atoms with Crippen LogP contribution in [0.4, 0.5) is 0 Å². The Hall–Kier alpha value is -1.85. The third-order valence-corrected chi connectivity index (χ3v) is 1.79. The van der Waals surface area contributed by atoms with Gasteiger partial charge in [0.2, 0.25) is 5.28 Å². The summed E-state index contributed by atoms with van der Waals surface area (Å²) in [6.07, 6.45) is 2.33. The number of pyridine rings is 1. The molecule has 1 heterocycles. The first-order valence-corrected chi connectivity index (χ1v) is 4.17. The summed E-state index contributed by atoms with van der Waals surface area (Å²) >= 11 is 0. The van der Waals surface area contributed by atoms with Crippen LogP contribution in [0.1, 0.15) is 5.69 Å². The van der Waals surface area contributed by atoms with E-state index in [1.807, 2.05) is 18.2 Å². The molecule has 0 aromatic carbocycles. The summed E-state index contributed by atoms with van der Waals surface area (Å²) < 4.78 is 0. The van der Waals surface area contributed by atoms with Crippen LogP contribution in [0.3, 0.4) is 0 Å². The van der Waals surface area contributed by atoms with E-state index in [4.69, 9.17) is 5.21 Å². The third-order valence-electron chi connectivity index (χ3n) is 1.79. The van der Waals surface area contributed by atoms with Gasteiger partial charge in [-0.3, -0.25) is 4.98 Å². The van der Waals surface area contributed by atoms with E-state index >= 15 is 0 Å². The van der Waals surface area contributed by atoms with Crippen molar-refractivity contribution in [3.05, 3.63) is 35.3 Å². The zero-order valence-electron chi connectivity index (χ0n) is 7.87. The molecule has 6 heteroatoms. The fraction of sp³-hybridized carbons (Fsp3) is 0.375. The maximum atomic E-state index is 10.7. The molecular weight excluding hydrogens is 184 g/mol.